The summed E-state index contributed by atoms with van der Waals surface area (Å²) in [4.78, 5) is 0. The Kier molecular flexibility index (Phi) is 10.8. The average Bonchev–Trinajstić information content (AvgIpc) is 2.37. The van der Waals surface area contributed by atoms with E-state index in [1.165, 1.54) is 6.07 Å². The van der Waals surface area contributed by atoms with Crippen molar-refractivity contribution >= 4 is 0 Å². The van der Waals surface area contributed by atoms with Gasteiger partial charge in [0.15, 0.2) is 11.6 Å². The first-order chi connectivity index (χ1) is 8.82. The van der Waals surface area contributed by atoms with Crippen molar-refractivity contribution in [2.24, 2.45) is 0 Å². The molecule has 0 aliphatic heterocycles. The molecule has 0 aliphatic rings. The van der Waals surface area contributed by atoms with Gasteiger partial charge in [-0.2, -0.15) is 11.6 Å². The first-order valence-corrected chi connectivity index (χ1v) is 5.57. The zero-order chi connectivity index (χ0) is 14.6. The second-order valence-corrected chi connectivity index (χ2v) is 4.14. The predicted octanol–water partition coefficient (Wildman–Crippen LogP) is 5.29. The van der Waals surface area contributed by atoms with E-state index in [1.54, 1.807) is 26.8 Å². The van der Waals surface area contributed by atoms with E-state index >= 15 is 0 Å². The molecule has 0 fully saturated rings. The van der Waals surface area contributed by atoms with Crippen molar-refractivity contribution < 1.29 is 50.3 Å². The summed E-state index contributed by atoms with van der Waals surface area (Å²) in [6.07, 6.45) is 0. The third kappa shape index (κ3) is 6.70. The van der Waals surface area contributed by atoms with Crippen LogP contribution in [0.4, 0.5) is 17.6 Å². The van der Waals surface area contributed by atoms with Gasteiger partial charge in [0.2, 0.25) is 0 Å². The molecule has 0 bridgehead atoms. The van der Waals surface area contributed by atoms with Crippen molar-refractivity contribution in [2.75, 3.05) is 0 Å². The molecule has 1 radical (unpaired) electrons. The summed E-state index contributed by atoms with van der Waals surface area (Å²) in [5.41, 5.74) is 1.84. The van der Waals surface area contributed by atoms with Crippen LogP contribution in [0.15, 0.2) is 24.3 Å². The molecule has 0 aliphatic carbocycles. The number of hydrogen-bond acceptors (Lipinski definition) is 0. The number of rotatable bonds is 0. The molecule has 0 saturated heterocycles. The molecule has 0 amide bonds. The van der Waals surface area contributed by atoms with Gasteiger partial charge in [0.25, 0.3) is 0 Å². The Morgan fingerprint density at radius 1 is 0.905 bits per heavy atom. The van der Waals surface area contributed by atoms with Gasteiger partial charge >= 0.3 is 0 Å². The van der Waals surface area contributed by atoms with Crippen molar-refractivity contribution in [3.8, 4) is 0 Å². The molecule has 0 spiro atoms. The van der Waals surface area contributed by atoms with Crippen molar-refractivity contribution in [1.29, 1.82) is 0 Å². The van der Waals surface area contributed by atoms with Crippen LogP contribution in [0.1, 0.15) is 24.1 Å². The zero-order valence-electron chi connectivity index (χ0n) is 11.4. The van der Waals surface area contributed by atoms with Crippen LogP contribution in [0.3, 0.4) is 0 Å². The van der Waals surface area contributed by atoms with Crippen LogP contribution in [-0.2, 0) is 32.7 Å². The molecule has 2 aromatic rings. The quantitative estimate of drug-likeness (QED) is 0.434. The van der Waals surface area contributed by atoms with Gasteiger partial charge in [0.1, 0.15) is 0 Å². The molecule has 5 heteroatoms. The molecule has 0 saturated carbocycles. The molecule has 0 atom stereocenters. The van der Waals surface area contributed by atoms with E-state index in [0.717, 1.165) is 17.7 Å². The molecule has 0 N–H and O–H groups in total. The molecular formula is C16H17F4Y-. The monoisotopic (exact) mass is 374 g/mol. The average molecular weight is 374 g/mol. The van der Waals surface area contributed by atoms with Crippen LogP contribution in [0.25, 0.3) is 0 Å². The van der Waals surface area contributed by atoms with Crippen molar-refractivity contribution in [2.45, 2.75) is 28.2 Å². The summed E-state index contributed by atoms with van der Waals surface area (Å²) in [5, 5.41) is 0. The third-order valence-electron chi connectivity index (χ3n) is 2.60. The van der Waals surface area contributed by atoms with E-state index in [-0.39, 0.29) is 40.1 Å². The van der Waals surface area contributed by atoms with Gasteiger partial charge in [-0.15, -0.1) is 12.1 Å². The van der Waals surface area contributed by atoms with Crippen LogP contribution in [-0.4, -0.2) is 0 Å². The Labute approximate surface area is 148 Å². The Hall–Kier alpha value is -0.736. The fraction of sp³-hybridized carbons (Fsp3) is 0.250. The molecule has 113 valence electrons. The van der Waals surface area contributed by atoms with Gasteiger partial charge in [0.05, 0.1) is 0 Å². The maximum absolute atomic E-state index is 12.6. The summed E-state index contributed by atoms with van der Waals surface area (Å²) in [5.74, 6) is -3.27. The Morgan fingerprint density at radius 2 is 1.48 bits per heavy atom. The van der Waals surface area contributed by atoms with E-state index in [0.29, 0.717) is 11.1 Å². The topological polar surface area (TPSA) is 0 Å². The number of hydrogen-bond donors (Lipinski definition) is 0. The van der Waals surface area contributed by atoms with Crippen LogP contribution in [0.2, 0.25) is 0 Å². The van der Waals surface area contributed by atoms with E-state index in [4.69, 9.17) is 0 Å². The minimum Gasteiger partial charge on any atom is -0.281 e. The van der Waals surface area contributed by atoms with Gasteiger partial charge in [-0.1, -0.05) is 20.4 Å². The molecule has 2 rings (SSSR count). The summed E-state index contributed by atoms with van der Waals surface area (Å²) in [7, 11) is 0. The number of aryl methyl sites for hydroxylation is 2. The third-order valence-corrected chi connectivity index (χ3v) is 2.60. The maximum Gasteiger partial charge on any atom is 0.161 e. The largest absolute Gasteiger partial charge is 0.281 e. The Morgan fingerprint density at radius 3 is 1.90 bits per heavy atom. The molecule has 0 aromatic heterocycles. The van der Waals surface area contributed by atoms with Gasteiger partial charge in [0, 0.05) is 44.3 Å². The number of halogens is 4. The number of benzene rings is 2. The summed E-state index contributed by atoms with van der Waals surface area (Å²) >= 11 is 0. The molecule has 0 heterocycles. The summed E-state index contributed by atoms with van der Waals surface area (Å²) in [6.45, 7) is 4.99. The summed E-state index contributed by atoms with van der Waals surface area (Å²) in [6, 6.07) is 7.36. The molecule has 21 heavy (non-hydrogen) atoms. The van der Waals surface area contributed by atoms with Crippen LogP contribution in [0, 0.1) is 50.1 Å². The molecule has 0 nitrogen and oxygen atoms in total. The van der Waals surface area contributed by atoms with Gasteiger partial charge in [-0.3, -0.25) is 4.39 Å². The van der Waals surface area contributed by atoms with Gasteiger partial charge in [-0.25, -0.2) is 13.2 Å². The minimum atomic E-state index is -0.916. The Balaban J connectivity index is 0. The van der Waals surface area contributed by atoms with Crippen molar-refractivity contribution in [3.05, 3.63) is 70.3 Å². The van der Waals surface area contributed by atoms with Crippen LogP contribution >= 0.6 is 0 Å². The van der Waals surface area contributed by atoms with E-state index in [9.17, 15) is 17.6 Å². The second kappa shape index (κ2) is 10.1. The van der Waals surface area contributed by atoms with E-state index in [1.807, 2.05) is 0 Å². The minimum absolute atomic E-state index is 0. The zero-order valence-corrected chi connectivity index (χ0v) is 14.2. The summed E-state index contributed by atoms with van der Waals surface area (Å²) < 4.78 is 49.2. The van der Waals surface area contributed by atoms with Crippen molar-refractivity contribution in [1.82, 2.24) is 0 Å². The maximum atomic E-state index is 12.6. The predicted molar refractivity (Wildman–Crippen MR) is 72.5 cm³/mol. The second-order valence-electron chi connectivity index (χ2n) is 4.14. The molecule has 2 aromatic carbocycles. The smallest absolute Gasteiger partial charge is 0.161 e. The van der Waals surface area contributed by atoms with Crippen LogP contribution in [0.5, 0.6) is 0 Å². The first kappa shape index (κ1) is 22.5. The first-order valence-electron chi connectivity index (χ1n) is 5.57. The normalized spacial score (nSPS) is 8.90. The fourth-order valence-corrected chi connectivity index (χ4v) is 1.30. The SMILES string of the molecule is C.Cc1c[c-]c(F)c(F)c1.Cc1ccc(F)c(F)c1C.[Y]. The fourth-order valence-electron chi connectivity index (χ4n) is 1.30. The Bertz CT molecular complexity index is 556. The molecule has 0 unspecified atom stereocenters. The van der Waals surface area contributed by atoms with Crippen LogP contribution < -0.4 is 0 Å². The van der Waals surface area contributed by atoms with E-state index < -0.39 is 23.3 Å². The van der Waals surface area contributed by atoms with Gasteiger partial charge < -0.3 is 0 Å². The molecular weight excluding hydrogens is 357 g/mol. The van der Waals surface area contributed by atoms with Gasteiger partial charge in [-0.05, 0) is 31.0 Å². The van der Waals surface area contributed by atoms with E-state index in [2.05, 4.69) is 6.07 Å². The standard InChI is InChI=1S/C8H8F2.C7H5F2.CH4.Y/c1-5-3-4-7(9)8(10)6(5)2;1-5-2-3-6(8)7(9)4-5;;/h3-4H,1-2H3;2,4H,1H3;1H4;/q;-1;;. The van der Waals surface area contributed by atoms with Crippen molar-refractivity contribution in [3.63, 3.8) is 0 Å².